The highest BCUT2D eigenvalue weighted by molar-refractivity contribution is 9.10. The van der Waals surface area contributed by atoms with E-state index in [-0.39, 0.29) is 12.1 Å². The SMILES string of the molecule is N#Cc1cc(Cl)cc(C2(O)CN(c3ccc(Br)cc3)C(=O)N2c2ccc(Cl)cc2)c1. The number of β-amino-alcohol motifs (C(OH)–C–C–N with tert-alkyl or cyclic N) is 1. The molecule has 0 spiro atoms. The number of benzene rings is 3. The zero-order valence-electron chi connectivity index (χ0n) is 15.4. The first-order valence-electron chi connectivity index (χ1n) is 8.88. The summed E-state index contributed by atoms with van der Waals surface area (Å²) in [6, 6.07) is 20.0. The van der Waals surface area contributed by atoms with Gasteiger partial charge < -0.3 is 5.11 Å². The van der Waals surface area contributed by atoms with E-state index in [0.29, 0.717) is 27.0 Å². The highest BCUT2D eigenvalue weighted by atomic mass is 79.9. The maximum Gasteiger partial charge on any atom is 0.331 e. The van der Waals surface area contributed by atoms with Gasteiger partial charge in [-0.05, 0) is 66.7 Å². The highest BCUT2D eigenvalue weighted by Crippen LogP contribution is 2.41. The number of nitriles is 1. The Morgan fingerprint density at radius 1 is 0.967 bits per heavy atom. The average molecular weight is 503 g/mol. The normalized spacial score (nSPS) is 18.6. The number of halogens is 3. The number of urea groups is 1. The quantitative estimate of drug-likeness (QED) is 0.483. The van der Waals surface area contributed by atoms with E-state index in [4.69, 9.17) is 23.2 Å². The molecule has 1 aliphatic rings. The van der Waals surface area contributed by atoms with Crippen molar-refractivity contribution in [1.82, 2.24) is 0 Å². The Morgan fingerprint density at radius 2 is 1.60 bits per heavy atom. The Morgan fingerprint density at radius 3 is 2.23 bits per heavy atom. The number of nitrogens with zero attached hydrogens (tertiary/aromatic N) is 3. The van der Waals surface area contributed by atoms with Crippen LogP contribution in [0.3, 0.4) is 0 Å². The third-order valence-electron chi connectivity index (χ3n) is 4.88. The summed E-state index contributed by atoms with van der Waals surface area (Å²) < 4.78 is 0.871. The lowest BCUT2D eigenvalue weighted by Gasteiger charge is -2.32. The van der Waals surface area contributed by atoms with Crippen LogP contribution in [0, 0.1) is 11.3 Å². The van der Waals surface area contributed by atoms with Gasteiger partial charge in [0, 0.05) is 31.5 Å². The predicted octanol–water partition coefficient (Wildman–Crippen LogP) is 5.92. The van der Waals surface area contributed by atoms with Crippen LogP contribution < -0.4 is 9.80 Å². The maximum absolute atomic E-state index is 13.5. The first-order valence-corrected chi connectivity index (χ1v) is 10.4. The van der Waals surface area contributed by atoms with E-state index >= 15 is 0 Å². The van der Waals surface area contributed by atoms with Crippen molar-refractivity contribution in [2.45, 2.75) is 5.72 Å². The minimum Gasteiger partial charge on any atom is -0.365 e. The fourth-order valence-electron chi connectivity index (χ4n) is 3.48. The summed E-state index contributed by atoms with van der Waals surface area (Å²) in [5.74, 6) is 0. The molecule has 1 saturated heterocycles. The molecule has 1 heterocycles. The molecule has 0 bridgehead atoms. The lowest BCUT2D eigenvalue weighted by Crippen LogP contribution is -2.45. The Kier molecular flexibility index (Phi) is 5.48. The van der Waals surface area contributed by atoms with Crippen molar-refractivity contribution in [3.63, 3.8) is 0 Å². The Balaban J connectivity index is 1.88. The number of anilines is 2. The van der Waals surface area contributed by atoms with Crippen LogP contribution >= 0.6 is 39.1 Å². The van der Waals surface area contributed by atoms with Gasteiger partial charge in [-0.25, -0.2) is 4.79 Å². The van der Waals surface area contributed by atoms with Crippen molar-refractivity contribution in [1.29, 1.82) is 5.26 Å². The second kappa shape index (κ2) is 7.93. The molecule has 2 amide bonds. The summed E-state index contributed by atoms with van der Waals surface area (Å²) in [6.07, 6.45) is 0. The van der Waals surface area contributed by atoms with Crippen LogP contribution in [0.15, 0.2) is 71.2 Å². The van der Waals surface area contributed by atoms with Gasteiger partial charge in [-0.15, -0.1) is 0 Å². The topological polar surface area (TPSA) is 67.6 Å². The van der Waals surface area contributed by atoms with E-state index < -0.39 is 11.8 Å². The molecule has 5 nitrogen and oxygen atoms in total. The van der Waals surface area contributed by atoms with E-state index in [1.54, 1.807) is 42.5 Å². The number of carbonyl (C=O) groups excluding carboxylic acids is 1. The Bertz CT molecular complexity index is 1160. The molecule has 8 heteroatoms. The Hall–Kier alpha value is -2.56. The van der Waals surface area contributed by atoms with Gasteiger partial charge in [-0.1, -0.05) is 39.1 Å². The van der Waals surface area contributed by atoms with E-state index in [1.807, 2.05) is 18.2 Å². The molecule has 1 atom stereocenters. The lowest BCUT2D eigenvalue weighted by molar-refractivity contribution is 0.0655. The van der Waals surface area contributed by atoms with E-state index in [2.05, 4.69) is 15.9 Å². The van der Waals surface area contributed by atoms with Crippen molar-refractivity contribution in [3.05, 3.63) is 92.4 Å². The van der Waals surface area contributed by atoms with Crippen molar-refractivity contribution in [2.24, 2.45) is 0 Å². The molecule has 1 fully saturated rings. The molecule has 0 aromatic heterocycles. The molecule has 1 N–H and O–H groups in total. The molecule has 30 heavy (non-hydrogen) atoms. The van der Waals surface area contributed by atoms with Gasteiger partial charge in [0.05, 0.1) is 18.2 Å². The first-order chi connectivity index (χ1) is 14.3. The summed E-state index contributed by atoms with van der Waals surface area (Å²) in [5.41, 5.74) is -0.0364. The molecule has 0 aliphatic carbocycles. The van der Waals surface area contributed by atoms with Gasteiger partial charge in [-0.3, -0.25) is 9.80 Å². The fourth-order valence-corrected chi connectivity index (χ4v) is 4.11. The van der Waals surface area contributed by atoms with E-state index in [1.165, 1.54) is 21.9 Å². The van der Waals surface area contributed by atoms with Crippen molar-refractivity contribution < 1.29 is 9.90 Å². The molecule has 150 valence electrons. The third-order valence-corrected chi connectivity index (χ3v) is 5.88. The van der Waals surface area contributed by atoms with Crippen LogP contribution in [0.2, 0.25) is 10.0 Å². The number of hydrogen-bond acceptors (Lipinski definition) is 3. The molecule has 3 aromatic carbocycles. The third kappa shape index (κ3) is 3.66. The zero-order chi connectivity index (χ0) is 21.5. The van der Waals surface area contributed by atoms with Crippen molar-refractivity contribution in [3.8, 4) is 6.07 Å². The second-order valence-corrected chi connectivity index (χ2v) is 8.60. The van der Waals surface area contributed by atoms with Gasteiger partial charge in [0.2, 0.25) is 0 Å². The molecule has 0 radical (unpaired) electrons. The largest absolute Gasteiger partial charge is 0.365 e. The molecule has 4 rings (SSSR count). The van der Waals surface area contributed by atoms with E-state index in [9.17, 15) is 15.2 Å². The smallest absolute Gasteiger partial charge is 0.331 e. The molecular formula is C22H14BrCl2N3O2. The summed E-state index contributed by atoms with van der Waals surface area (Å²) in [4.78, 5) is 16.2. The predicted molar refractivity (Wildman–Crippen MR) is 121 cm³/mol. The average Bonchev–Trinajstić information content (AvgIpc) is 3.00. The summed E-state index contributed by atoms with van der Waals surface area (Å²) in [5, 5.41) is 21.9. The van der Waals surface area contributed by atoms with Crippen LogP contribution in [0.5, 0.6) is 0 Å². The highest BCUT2D eigenvalue weighted by Gasteiger charge is 2.51. The number of amides is 2. The summed E-state index contributed by atoms with van der Waals surface area (Å²) in [7, 11) is 0. The van der Waals surface area contributed by atoms with Crippen LogP contribution in [0.25, 0.3) is 0 Å². The van der Waals surface area contributed by atoms with Gasteiger partial charge >= 0.3 is 6.03 Å². The van der Waals surface area contributed by atoms with Gasteiger partial charge in [0.15, 0.2) is 5.72 Å². The lowest BCUT2D eigenvalue weighted by atomic mass is 9.99. The molecule has 3 aromatic rings. The van der Waals surface area contributed by atoms with Crippen LogP contribution in [-0.4, -0.2) is 17.7 Å². The molecular weight excluding hydrogens is 489 g/mol. The summed E-state index contributed by atoms with van der Waals surface area (Å²) in [6.45, 7) is -0.0543. The van der Waals surface area contributed by atoms with Gasteiger partial charge in [-0.2, -0.15) is 5.26 Å². The van der Waals surface area contributed by atoms with Crippen LogP contribution in [0.4, 0.5) is 16.2 Å². The first kappa shape index (κ1) is 20.7. The molecule has 1 aliphatic heterocycles. The van der Waals surface area contributed by atoms with Crippen molar-refractivity contribution >= 4 is 56.5 Å². The minimum atomic E-state index is -1.76. The van der Waals surface area contributed by atoms with Gasteiger partial charge in [0.25, 0.3) is 0 Å². The molecule has 0 saturated carbocycles. The number of carbonyl (C=O) groups is 1. The number of rotatable bonds is 3. The van der Waals surface area contributed by atoms with Gasteiger partial charge in [0.1, 0.15) is 0 Å². The summed E-state index contributed by atoms with van der Waals surface area (Å²) >= 11 is 15.6. The molecule has 1 unspecified atom stereocenters. The van der Waals surface area contributed by atoms with Crippen LogP contribution in [0.1, 0.15) is 11.1 Å². The van der Waals surface area contributed by atoms with Crippen LogP contribution in [-0.2, 0) is 5.72 Å². The minimum absolute atomic E-state index is 0.0543. The van der Waals surface area contributed by atoms with E-state index in [0.717, 1.165) is 4.47 Å². The number of hydrogen-bond donors (Lipinski definition) is 1. The second-order valence-electron chi connectivity index (χ2n) is 6.81. The monoisotopic (exact) mass is 501 g/mol. The standard InChI is InChI=1S/C22H14BrCl2N3O2/c23-16-1-5-19(6-2-16)27-13-22(30,15-9-14(12-26)10-18(25)11-15)28(21(27)29)20-7-3-17(24)4-8-20/h1-11,30H,13H2. The maximum atomic E-state index is 13.5. The number of aliphatic hydroxyl groups is 1. The van der Waals surface area contributed by atoms with Crippen molar-refractivity contribution in [2.75, 3.05) is 16.3 Å². The fraction of sp³-hybridized carbons (Fsp3) is 0.0909. The Labute approximate surface area is 191 Å². The zero-order valence-corrected chi connectivity index (χ0v) is 18.5.